The molecular formula is C13H23N3O3. The van der Waals surface area contributed by atoms with Gasteiger partial charge in [-0.1, -0.05) is 5.16 Å². The van der Waals surface area contributed by atoms with Crippen LogP contribution in [-0.4, -0.2) is 49.3 Å². The van der Waals surface area contributed by atoms with Crippen molar-refractivity contribution in [3.63, 3.8) is 0 Å². The zero-order valence-corrected chi connectivity index (χ0v) is 12.3. The summed E-state index contributed by atoms with van der Waals surface area (Å²) in [6, 6.07) is -0.231. The van der Waals surface area contributed by atoms with Crippen molar-refractivity contribution >= 4 is 11.8 Å². The molecule has 0 saturated heterocycles. The standard InChI is InChI=1S/C13H23N3O3/c1-6-18-8-7-11-9(2)15-19-13(11)14-12(17)10(3)16(4)5/h10H,6-8H2,1-5H3,(H,14,17). The molecule has 1 rings (SSSR count). The highest BCUT2D eigenvalue weighted by Gasteiger charge is 2.20. The van der Waals surface area contributed by atoms with Crippen LogP contribution in [0.2, 0.25) is 0 Å². The second kappa shape index (κ2) is 7.25. The molecule has 6 heteroatoms. The monoisotopic (exact) mass is 269 g/mol. The average Bonchev–Trinajstić information content (AvgIpc) is 2.70. The molecule has 1 unspecified atom stereocenters. The summed E-state index contributed by atoms with van der Waals surface area (Å²) in [4.78, 5) is 13.8. The molecule has 1 aromatic rings. The molecule has 0 aliphatic heterocycles. The number of anilines is 1. The van der Waals surface area contributed by atoms with Gasteiger partial charge in [-0.05, 0) is 34.9 Å². The molecule has 0 spiro atoms. The third-order valence-electron chi connectivity index (χ3n) is 3.08. The van der Waals surface area contributed by atoms with E-state index in [1.54, 1.807) is 0 Å². The number of hydrogen-bond acceptors (Lipinski definition) is 5. The third-order valence-corrected chi connectivity index (χ3v) is 3.08. The highest BCUT2D eigenvalue weighted by molar-refractivity contribution is 5.93. The van der Waals surface area contributed by atoms with E-state index in [9.17, 15) is 4.79 Å². The number of aryl methyl sites for hydroxylation is 1. The lowest BCUT2D eigenvalue weighted by atomic mass is 10.2. The zero-order valence-electron chi connectivity index (χ0n) is 12.3. The molecule has 0 aliphatic carbocycles. The molecule has 0 aromatic carbocycles. The van der Waals surface area contributed by atoms with E-state index in [1.165, 1.54) is 0 Å². The summed E-state index contributed by atoms with van der Waals surface area (Å²) < 4.78 is 10.5. The van der Waals surface area contributed by atoms with E-state index in [0.29, 0.717) is 25.5 Å². The molecule has 1 amide bonds. The number of aromatic nitrogens is 1. The lowest BCUT2D eigenvalue weighted by molar-refractivity contribution is -0.120. The SMILES string of the molecule is CCOCCc1c(C)noc1NC(=O)C(C)N(C)C. The van der Waals surface area contributed by atoms with Gasteiger partial charge in [0.15, 0.2) is 0 Å². The molecule has 1 heterocycles. The molecule has 1 aromatic heterocycles. The Balaban J connectivity index is 2.70. The van der Waals surface area contributed by atoms with Gasteiger partial charge in [-0.15, -0.1) is 0 Å². The molecule has 0 radical (unpaired) electrons. The number of nitrogens with one attached hydrogen (secondary N) is 1. The van der Waals surface area contributed by atoms with E-state index in [0.717, 1.165) is 11.3 Å². The fourth-order valence-corrected chi connectivity index (χ4v) is 1.55. The van der Waals surface area contributed by atoms with Gasteiger partial charge in [0.25, 0.3) is 0 Å². The first-order valence-electron chi connectivity index (χ1n) is 6.47. The van der Waals surface area contributed by atoms with Gasteiger partial charge in [0.05, 0.1) is 18.3 Å². The lowest BCUT2D eigenvalue weighted by Crippen LogP contribution is -2.37. The first kappa shape index (κ1) is 15.7. The van der Waals surface area contributed by atoms with E-state index in [4.69, 9.17) is 9.26 Å². The molecule has 0 bridgehead atoms. The van der Waals surface area contributed by atoms with E-state index in [2.05, 4.69) is 10.5 Å². The summed E-state index contributed by atoms with van der Waals surface area (Å²) in [7, 11) is 3.71. The first-order chi connectivity index (χ1) is 8.97. The Bertz CT molecular complexity index is 415. The van der Waals surface area contributed by atoms with Crippen molar-refractivity contribution in [2.24, 2.45) is 0 Å². The van der Waals surface area contributed by atoms with E-state index < -0.39 is 0 Å². The molecule has 0 fully saturated rings. The molecule has 0 saturated carbocycles. The summed E-state index contributed by atoms with van der Waals surface area (Å²) >= 11 is 0. The van der Waals surface area contributed by atoms with Crippen molar-refractivity contribution in [2.45, 2.75) is 33.2 Å². The summed E-state index contributed by atoms with van der Waals surface area (Å²) in [5.41, 5.74) is 1.68. The van der Waals surface area contributed by atoms with Crippen LogP contribution in [0.3, 0.4) is 0 Å². The van der Waals surface area contributed by atoms with E-state index in [1.807, 2.05) is 39.8 Å². The van der Waals surface area contributed by atoms with Gasteiger partial charge in [-0.3, -0.25) is 15.0 Å². The maximum Gasteiger partial charge on any atom is 0.243 e. The Hall–Kier alpha value is -1.40. The van der Waals surface area contributed by atoms with Crippen LogP contribution < -0.4 is 5.32 Å². The van der Waals surface area contributed by atoms with Crippen molar-refractivity contribution in [3.8, 4) is 0 Å². The van der Waals surface area contributed by atoms with Crippen molar-refractivity contribution in [2.75, 3.05) is 32.6 Å². The molecule has 1 N–H and O–H groups in total. The first-order valence-corrected chi connectivity index (χ1v) is 6.47. The fraction of sp³-hybridized carbons (Fsp3) is 0.692. The quantitative estimate of drug-likeness (QED) is 0.759. The Labute approximate surface area is 114 Å². The van der Waals surface area contributed by atoms with Gasteiger partial charge in [0.1, 0.15) is 0 Å². The van der Waals surface area contributed by atoms with Crippen molar-refractivity contribution in [1.82, 2.24) is 10.1 Å². The average molecular weight is 269 g/mol. The molecule has 1 atom stereocenters. The zero-order chi connectivity index (χ0) is 14.4. The minimum atomic E-state index is -0.231. The Morgan fingerprint density at radius 3 is 2.79 bits per heavy atom. The summed E-state index contributed by atoms with van der Waals surface area (Å²) in [5, 5.41) is 6.67. The predicted octanol–water partition coefficient (Wildman–Crippen LogP) is 1.45. The Kier molecular flexibility index (Phi) is 5.98. The molecule has 19 heavy (non-hydrogen) atoms. The smallest absolute Gasteiger partial charge is 0.243 e. The number of carbonyl (C=O) groups is 1. The van der Waals surface area contributed by atoms with Gasteiger partial charge in [-0.25, -0.2) is 0 Å². The topological polar surface area (TPSA) is 67.6 Å². The van der Waals surface area contributed by atoms with Gasteiger partial charge < -0.3 is 9.26 Å². The van der Waals surface area contributed by atoms with Gasteiger partial charge >= 0.3 is 0 Å². The summed E-state index contributed by atoms with van der Waals surface area (Å²) in [6.07, 6.45) is 0.676. The minimum absolute atomic E-state index is 0.112. The normalized spacial score (nSPS) is 12.7. The highest BCUT2D eigenvalue weighted by atomic mass is 16.5. The van der Waals surface area contributed by atoms with E-state index in [-0.39, 0.29) is 11.9 Å². The maximum absolute atomic E-state index is 12.0. The van der Waals surface area contributed by atoms with Crippen LogP contribution in [-0.2, 0) is 16.0 Å². The number of hydrogen-bond donors (Lipinski definition) is 1. The van der Waals surface area contributed by atoms with Crippen molar-refractivity contribution in [1.29, 1.82) is 0 Å². The van der Waals surface area contributed by atoms with Crippen LogP contribution in [0, 0.1) is 6.92 Å². The van der Waals surface area contributed by atoms with Crippen LogP contribution in [0.4, 0.5) is 5.88 Å². The minimum Gasteiger partial charge on any atom is -0.381 e. The maximum atomic E-state index is 12.0. The van der Waals surface area contributed by atoms with Gasteiger partial charge in [0, 0.05) is 18.6 Å². The highest BCUT2D eigenvalue weighted by Crippen LogP contribution is 2.20. The number of amides is 1. The largest absolute Gasteiger partial charge is 0.381 e. The summed E-state index contributed by atoms with van der Waals surface area (Å²) in [6.45, 7) is 6.89. The number of ether oxygens (including phenoxy) is 1. The molecular weight excluding hydrogens is 246 g/mol. The number of likely N-dealkylation sites (N-methyl/N-ethyl adjacent to an activating group) is 1. The van der Waals surface area contributed by atoms with Gasteiger partial charge in [0.2, 0.25) is 11.8 Å². The van der Waals surface area contributed by atoms with Crippen LogP contribution in [0.15, 0.2) is 4.52 Å². The molecule has 6 nitrogen and oxygen atoms in total. The van der Waals surface area contributed by atoms with Crippen molar-refractivity contribution in [3.05, 3.63) is 11.3 Å². The Morgan fingerprint density at radius 2 is 2.21 bits per heavy atom. The number of rotatable bonds is 7. The second-order valence-electron chi connectivity index (χ2n) is 4.65. The summed E-state index contributed by atoms with van der Waals surface area (Å²) in [5.74, 6) is 0.315. The molecule has 0 aliphatic rings. The van der Waals surface area contributed by atoms with Gasteiger partial charge in [-0.2, -0.15) is 0 Å². The predicted molar refractivity (Wildman–Crippen MR) is 73.2 cm³/mol. The Morgan fingerprint density at radius 1 is 1.53 bits per heavy atom. The lowest BCUT2D eigenvalue weighted by Gasteiger charge is -2.18. The van der Waals surface area contributed by atoms with E-state index >= 15 is 0 Å². The third kappa shape index (κ3) is 4.33. The van der Waals surface area contributed by atoms with Crippen LogP contribution in [0.1, 0.15) is 25.1 Å². The van der Waals surface area contributed by atoms with Crippen molar-refractivity contribution < 1.29 is 14.1 Å². The second-order valence-corrected chi connectivity index (χ2v) is 4.65. The number of carbonyl (C=O) groups excluding carboxylic acids is 1. The van der Waals surface area contributed by atoms with Crippen LogP contribution >= 0.6 is 0 Å². The molecule has 108 valence electrons. The fourth-order valence-electron chi connectivity index (χ4n) is 1.55. The number of nitrogens with zero attached hydrogens (tertiary/aromatic N) is 2. The van der Waals surface area contributed by atoms with Crippen LogP contribution in [0.5, 0.6) is 0 Å². The van der Waals surface area contributed by atoms with Crippen LogP contribution in [0.25, 0.3) is 0 Å².